The van der Waals surface area contributed by atoms with Crippen LogP contribution in [0.15, 0.2) is 83.6 Å². The van der Waals surface area contributed by atoms with Gasteiger partial charge in [-0.15, -0.1) is 0 Å². The first kappa shape index (κ1) is 18.2. The zero-order valence-electron chi connectivity index (χ0n) is 15.5. The number of para-hydroxylation sites is 1. The second kappa shape index (κ2) is 7.47. The van der Waals surface area contributed by atoms with E-state index in [0.717, 1.165) is 16.0 Å². The van der Waals surface area contributed by atoms with Crippen LogP contribution < -0.4 is 10.4 Å². The van der Waals surface area contributed by atoms with Crippen molar-refractivity contribution >= 4 is 34.3 Å². The molecule has 0 radical (unpaired) electrons. The van der Waals surface area contributed by atoms with Crippen molar-refractivity contribution in [3.8, 4) is 0 Å². The van der Waals surface area contributed by atoms with Crippen LogP contribution >= 0.6 is 0 Å². The van der Waals surface area contributed by atoms with Crippen LogP contribution in [-0.2, 0) is 4.79 Å². The predicted molar refractivity (Wildman–Crippen MR) is 107 cm³/mol. The predicted octanol–water partition coefficient (Wildman–Crippen LogP) is 3.56. The van der Waals surface area contributed by atoms with Crippen molar-refractivity contribution in [1.29, 1.82) is 0 Å². The number of hydrogen-bond donors (Lipinski definition) is 1. The number of carbonyl (C=O) groups is 3. The second-order valence-electron chi connectivity index (χ2n) is 6.44. The van der Waals surface area contributed by atoms with Gasteiger partial charge in [-0.2, -0.15) is 0 Å². The van der Waals surface area contributed by atoms with Crippen molar-refractivity contribution in [2.24, 2.45) is 0 Å². The van der Waals surface area contributed by atoms with E-state index < -0.39 is 17.7 Å². The maximum atomic E-state index is 12.8. The fraction of sp³-hybridized carbons (Fsp3) is 0.0455. The highest BCUT2D eigenvalue weighted by Crippen LogP contribution is 2.18. The molecule has 0 aliphatic heterocycles. The zero-order valence-corrected chi connectivity index (χ0v) is 15.5. The van der Waals surface area contributed by atoms with Gasteiger partial charge in [-0.3, -0.25) is 24.4 Å². The molecule has 0 spiro atoms. The van der Waals surface area contributed by atoms with Gasteiger partial charge in [0.15, 0.2) is 5.76 Å². The first-order chi connectivity index (χ1) is 14.0. The summed E-state index contributed by atoms with van der Waals surface area (Å²) in [6, 6.07) is 18.9. The molecule has 2 heterocycles. The number of hydrogen-bond acceptors (Lipinski definition) is 4. The number of benzene rings is 2. The second-order valence-corrected chi connectivity index (χ2v) is 6.44. The molecular weight excluding hydrogens is 370 g/mol. The molecule has 2 aromatic carbocycles. The topological polar surface area (TPSA) is 84.5 Å². The molecule has 0 unspecified atom stereocenters. The standard InChI is InChI=1S/C22H17N3O4/c1-15-8-10-17(11-9-15)25(21(27)19-7-4-14-29-19)23-20(26)22(28)24-13-12-16-5-2-3-6-18(16)24/h2-14H,1H3,(H,23,26). The lowest BCUT2D eigenvalue weighted by molar-refractivity contribution is -0.117. The Labute approximate surface area is 166 Å². The summed E-state index contributed by atoms with van der Waals surface area (Å²) in [5.74, 6) is -2.33. The van der Waals surface area contributed by atoms with Gasteiger partial charge >= 0.3 is 17.7 Å². The van der Waals surface area contributed by atoms with Crippen LogP contribution in [0, 0.1) is 6.92 Å². The number of aryl methyl sites for hydroxylation is 1. The number of nitrogens with zero attached hydrogens (tertiary/aromatic N) is 2. The van der Waals surface area contributed by atoms with E-state index >= 15 is 0 Å². The zero-order chi connectivity index (χ0) is 20.4. The minimum atomic E-state index is -0.952. The highest BCUT2D eigenvalue weighted by atomic mass is 16.3. The molecule has 144 valence electrons. The molecule has 0 fully saturated rings. The Morgan fingerprint density at radius 2 is 1.69 bits per heavy atom. The lowest BCUT2D eigenvalue weighted by atomic mass is 10.2. The van der Waals surface area contributed by atoms with Crippen LogP contribution in [0.5, 0.6) is 0 Å². The highest BCUT2D eigenvalue weighted by molar-refractivity contribution is 6.38. The molecule has 2 amide bonds. The highest BCUT2D eigenvalue weighted by Gasteiger charge is 2.26. The number of anilines is 1. The van der Waals surface area contributed by atoms with E-state index in [1.807, 2.05) is 19.1 Å². The molecular formula is C22H17N3O4. The molecule has 0 aliphatic carbocycles. The SMILES string of the molecule is Cc1ccc(N(NC(=O)C(=O)n2ccc3ccccc32)C(=O)c2ccco2)cc1. The monoisotopic (exact) mass is 387 g/mol. The van der Waals surface area contributed by atoms with E-state index in [-0.39, 0.29) is 5.76 Å². The van der Waals surface area contributed by atoms with Crippen LogP contribution in [0.3, 0.4) is 0 Å². The molecule has 2 aromatic heterocycles. The molecule has 0 saturated carbocycles. The summed E-state index contributed by atoms with van der Waals surface area (Å²) in [6.45, 7) is 1.90. The molecule has 0 bridgehead atoms. The van der Waals surface area contributed by atoms with E-state index in [1.54, 1.807) is 48.5 Å². The first-order valence-electron chi connectivity index (χ1n) is 8.90. The third-order valence-corrected chi connectivity index (χ3v) is 4.45. The Hall–Kier alpha value is -4.13. The van der Waals surface area contributed by atoms with Crippen molar-refractivity contribution in [3.05, 3.63) is 90.5 Å². The van der Waals surface area contributed by atoms with Crippen molar-refractivity contribution in [1.82, 2.24) is 9.99 Å². The van der Waals surface area contributed by atoms with Gasteiger partial charge in [-0.25, -0.2) is 5.01 Å². The molecule has 7 nitrogen and oxygen atoms in total. The number of carbonyl (C=O) groups excluding carboxylic acids is 3. The molecule has 0 aliphatic rings. The van der Waals surface area contributed by atoms with E-state index in [1.165, 1.54) is 23.1 Å². The lowest BCUT2D eigenvalue weighted by Gasteiger charge is -2.22. The quantitative estimate of drug-likeness (QED) is 0.421. The molecule has 4 aromatic rings. The average molecular weight is 387 g/mol. The van der Waals surface area contributed by atoms with Gasteiger partial charge in [0.05, 0.1) is 17.5 Å². The van der Waals surface area contributed by atoms with E-state index in [4.69, 9.17) is 4.42 Å². The number of nitrogens with one attached hydrogen (secondary N) is 1. The molecule has 4 rings (SSSR count). The lowest BCUT2D eigenvalue weighted by Crippen LogP contribution is -2.50. The number of rotatable bonds is 2. The van der Waals surface area contributed by atoms with Gasteiger partial charge in [0.1, 0.15) is 0 Å². The van der Waals surface area contributed by atoms with Crippen molar-refractivity contribution in [2.45, 2.75) is 6.92 Å². The molecule has 0 saturated heterocycles. The largest absolute Gasteiger partial charge is 0.459 e. The van der Waals surface area contributed by atoms with E-state index in [2.05, 4.69) is 5.43 Å². The summed E-state index contributed by atoms with van der Waals surface area (Å²) in [4.78, 5) is 38.3. The average Bonchev–Trinajstić information content (AvgIpc) is 3.41. The van der Waals surface area contributed by atoms with Crippen LogP contribution in [0.4, 0.5) is 5.69 Å². The molecule has 0 atom stereocenters. The minimum Gasteiger partial charge on any atom is -0.459 e. The minimum absolute atomic E-state index is 0.0322. The fourth-order valence-electron chi connectivity index (χ4n) is 2.96. The maximum Gasteiger partial charge on any atom is 0.329 e. The summed E-state index contributed by atoms with van der Waals surface area (Å²) < 4.78 is 6.41. The van der Waals surface area contributed by atoms with Crippen molar-refractivity contribution < 1.29 is 18.8 Å². The van der Waals surface area contributed by atoms with Crippen LogP contribution in [0.1, 0.15) is 20.9 Å². The first-order valence-corrected chi connectivity index (χ1v) is 8.90. The van der Waals surface area contributed by atoms with Crippen LogP contribution in [0.2, 0.25) is 0 Å². The van der Waals surface area contributed by atoms with Gasteiger partial charge < -0.3 is 4.42 Å². The Bertz CT molecular complexity index is 1190. The molecule has 29 heavy (non-hydrogen) atoms. The van der Waals surface area contributed by atoms with Crippen molar-refractivity contribution in [3.63, 3.8) is 0 Å². The van der Waals surface area contributed by atoms with Gasteiger partial charge in [0.2, 0.25) is 0 Å². The number of furan rings is 1. The van der Waals surface area contributed by atoms with Gasteiger partial charge in [-0.05, 0) is 43.3 Å². The third kappa shape index (κ3) is 3.53. The number of fused-ring (bicyclic) bond motifs is 1. The Morgan fingerprint density at radius 3 is 2.41 bits per heavy atom. The van der Waals surface area contributed by atoms with Crippen LogP contribution in [-0.4, -0.2) is 22.3 Å². The van der Waals surface area contributed by atoms with Gasteiger partial charge in [0.25, 0.3) is 0 Å². The van der Waals surface area contributed by atoms with Crippen LogP contribution in [0.25, 0.3) is 10.9 Å². The fourth-order valence-corrected chi connectivity index (χ4v) is 2.96. The maximum absolute atomic E-state index is 12.8. The Kier molecular flexibility index (Phi) is 4.70. The number of hydrazine groups is 1. The van der Waals surface area contributed by atoms with E-state index in [9.17, 15) is 14.4 Å². The Balaban J connectivity index is 1.64. The number of aromatic nitrogens is 1. The number of amides is 2. The normalized spacial score (nSPS) is 10.7. The Morgan fingerprint density at radius 1 is 0.931 bits per heavy atom. The smallest absolute Gasteiger partial charge is 0.329 e. The summed E-state index contributed by atoms with van der Waals surface area (Å²) in [7, 11) is 0. The summed E-state index contributed by atoms with van der Waals surface area (Å²) in [5, 5.41) is 1.83. The molecule has 7 heteroatoms. The summed E-state index contributed by atoms with van der Waals surface area (Å²) in [6.07, 6.45) is 2.89. The van der Waals surface area contributed by atoms with Crippen molar-refractivity contribution in [2.75, 3.05) is 5.01 Å². The summed E-state index contributed by atoms with van der Waals surface area (Å²) >= 11 is 0. The van der Waals surface area contributed by atoms with E-state index in [0.29, 0.717) is 11.2 Å². The van der Waals surface area contributed by atoms with Gasteiger partial charge in [0, 0.05) is 11.6 Å². The summed E-state index contributed by atoms with van der Waals surface area (Å²) in [5.41, 5.74) is 4.40. The van der Waals surface area contributed by atoms with Gasteiger partial charge in [-0.1, -0.05) is 35.9 Å². The third-order valence-electron chi connectivity index (χ3n) is 4.45. The molecule has 1 N–H and O–H groups in total.